The summed E-state index contributed by atoms with van der Waals surface area (Å²) in [6.07, 6.45) is 0. The summed E-state index contributed by atoms with van der Waals surface area (Å²) in [5.74, 6) is 0.214. The molecule has 0 spiro atoms. The number of rotatable bonds is 1. The molecule has 2 rings (SSSR count). The fourth-order valence-corrected chi connectivity index (χ4v) is 1.19. The summed E-state index contributed by atoms with van der Waals surface area (Å²) in [4.78, 5) is 0. The van der Waals surface area contributed by atoms with E-state index in [0.717, 1.165) is 5.69 Å². The van der Waals surface area contributed by atoms with Crippen molar-refractivity contribution in [2.75, 3.05) is 7.05 Å². The Labute approximate surface area is 75.7 Å². The second kappa shape index (κ2) is 2.63. The molecule has 1 atom stereocenters. The van der Waals surface area contributed by atoms with Gasteiger partial charge in [0.05, 0.1) is 5.22 Å². The first-order valence-electron chi connectivity index (χ1n) is 3.92. The molecule has 1 aromatic carbocycles. The number of nitrogens with two attached hydrogens (primary N) is 1. The molecule has 66 valence electrons. The molecule has 2 N–H and O–H groups in total. The van der Waals surface area contributed by atoms with Gasteiger partial charge in [-0.2, -0.15) is 0 Å². The standard InChI is InChI=1S/C8H10N5/c1-13(11-8(9)10-12-13)7-5-3-2-4-6-7/h2-6H,1H3,(H2,9,11)/q+1. The largest absolute Gasteiger partial charge is 0.362 e. The van der Waals surface area contributed by atoms with Gasteiger partial charge < -0.3 is 5.73 Å². The first kappa shape index (κ1) is 7.88. The van der Waals surface area contributed by atoms with Gasteiger partial charge in [-0.3, -0.25) is 0 Å². The molecule has 0 saturated heterocycles. The van der Waals surface area contributed by atoms with E-state index in [0.29, 0.717) is 0 Å². The number of hydrogen-bond donors (Lipinski definition) is 1. The van der Waals surface area contributed by atoms with Crippen LogP contribution in [-0.4, -0.2) is 13.0 Å². The van der Waals surface area contributed by atoms with Gasteiger partial charge in [0.2, 0.25) is 0 Å². The molecule has 0 saturated carbocycles. The van der Waals surface area contributed by atoms with Crippen molar-refractivity contribution < 1.29 is 0 Å². The summed E-state index contributed by atoms with van der Waals surface area (Å²) >= 11 is 0. The quantitative estimate of drug-likeness (QED) is 0.643. The van der Waals surface area contributed by atoms with E-state index in [2.05, 4.69) is 15.4 Å². The van der Waals surface area contributed by atoms with Gasteiger partial charge in [0.25, 0.3) is 0 Å². The number of quaternary nitrogens is 1. The van der Waals surface area contributed by atoms with Crippen molar-refractivity contribution in [2.24, 2.45) is 21.2 Å². The monoisotopic (exact) mass is 176 g/mol. The first-order valence-corrected chi connectivity index (χ1v) is 3.92. The van der Waals surface area contributed by atoms with Crippen molar-refractivity contribution in [3.63, 3.8) is 0 Å². The molecule has 1 aromatic rings. The number of guanidine groups is 1. The number of nitrogens with zero attached hydrogens (tertiary/aromatic N) is 4. The zero-order chi connectivity index (χ0) is 9.31. The Bertz CT molecular complexity index is 369. The lowest BCUT2D eigenvalue weighted by Crippen LogP contribution is -2.30. The Morgan fingerprint density at radius 3 is 2.46 bits per heavy atom. The van der Waals surface area contributed by atoms with Crippen LogP contribution in [0.25, 0.3) is 0 Å². The molecule has 1 heterocycles. The Morgan fingerprint density at radius 1 is 1.23 bits per heavy atom. The normalized spacial score (nSPS) is 26.1. The van der Waals surface area contributed by atoms with E-state index in [-0.39, 0.29) is 10.7 Å². The van der Waals surface area contributed by atoms with Crippen molar-refractivity contribution in [3.05, 3.63) is 30.3 Å². The van der Waals surface area contributed by atoms with Crippen LogP contribution in [-0.2, 0) is 0 Å². The molecule has 13 heavy (non-hydrogen) atoms. The van der Waals surface area contributed by atoms with Crippen LogP contribution in [0.3, 0.4) is 0 Å². The van der Waals surface area contributed by atoms with Gasteiger partial charge >= 0.3 is 5.96 Å². The zero-order valence-corrected chi connectivity index (χ0v) is 7.25. The van der Waals surface area contributed by atoms with Gasteiger partial charge in [-0.15, -0.1) is 0 Å². The maximum absolute atomic E-state index is 5.42. The van der Waals surface area contributed by atoms with Crippen LogP contribution in [0.15, 0.2) is 45.8 Å². The number of hydrogen-bond acceptors (Lipinski definition) is 4. The summed E-state index contributed by atoms with van der Waals surface area (Å²) < 4.78 is 0.0483. The second-order valence-electron chi connectivity index (χ2n) is 2.90. The molecule has 5 heteroatoms. The number of para-hydroxylation sites is 1. The summed E-state index contributed by atoms with van der Waals surface area (Å²) in [7, 11) is 1.82. The maximum atomic E-state index is 5.42. The highest BCUT2D eigenvalue weighted by Gasteiger charge is 2.30. The fraction of sp³-hybridized carbons (Fsp3) is 0.125. The molecule has 1 aliphatic rings. The topological polar surface area (TPSA) is 63.1 Å². The fourth-order valence-electron chi connectivity index (χ4n) is 1.19. The molecule has 1 aliphatic heterocycles. The predicted octanol–water partition coefficient (Wildman–Crippen LogP) is 1.23. The van der Waals surface area contributed by atoms with E-state index >= 15 is 0 Å². The van der Waals surface area contributed by atoms with Gasteiger partial charge in [0, 0.05) is 12.1 Å². The second-order valence-corrected chi connectivity index (χ2v) is 2.90. The summed E-state index contributed by atoms with van der Waals surface area (Å²) in [5, 5.41) is 11.7. The molecule has 0 aromatic heterocycles. The zero-order valence-electron chi connectivity index (χ0n) is 7.25. The van der Waals surface area contributed by atoms with Crippen molar-refractivity contribution in [1.29, 1.82) is 0 Å². The molecule has 0 radical (unpaired) electrons. The minimum absolute atomic E-state index is 0.0483. The van der Waals surface area contributed by atoms with E-state index in [1.165, 1.54) is 0 Å². The number of benzene rings is 1. The van der Waals surface area contributed by atoms with Gasteiger partial charge in [0.1, 0.15) is 7.05 Å². The van der Waals surface area contributed by atoms with Gasteiger partial charge in [-0.25, -0.2) is 0 Å². The van der Waals surface area contributed by atoms with Crippen LogP contribution in [0.1, 0.15) is 0 Å². The minimum atomic E-state index is 0.0483. The van der Waals surface area contributed by atoms with E-state index in [4.69, 9.17) is 5.73 Å². The van der Waals surface area contributed by atoms with Crippen LogP contribution in [0.5, 0.6) is 0 Å². The third-order valence-electron chi connectivity index (χ3n) is 1.86. The van der Waals surface area contributed by atoms with Crippen LogP contribution in [0, 0.1) is 0 Å². The summed E-state index contributed by atoms with van der Waals surface area (Å²) in [5.41, 5.74) is 6.36. The Hall–Kier alpha value is -1.75. The summed E-state index contributed by atoms with van der Waals surface area (Å²) in [6.45, 7) is 0. The first-order chi connectivity index (χ1) is 6.21. The van der Waals surface area contributed by atoms with E-state index in [1.54, 1.807) is 0 Å². The predicted molar refractivity (Wildman–Crippen MR) is 50.6 cm³/mol. The van der Waals surface area contributed by atoms with Crippen LogP contribution < -0.4 is 10.4 Å². The molecular formula is C8H10N5+. The molecular weight excluding hydrogens is 166 g/mol. The van der Waals surface area contributed by atoms with Crippen molar-refractivity contribution >= 4 is 11.6 Å². The third kappa shape index (κ3) is 1.29. The Morgan fingerprint density at radius 2 is 1.92 bits per heavy atom. The van der Waals surface area contributed by atoms with Crippen LogP contribution in [0.2, 0.25) is 0 Å². The molecule has 0 fully saturated rings. The van der Waals surface area contributed by atoms with Crippen LogP contribution in [0.4, 0.5) is 5.69 Å². The average Bonchev–Trinajstić information content (AvgIpc) is 2.49. The Kier molecular flexibility index (Phi) is 1.60. The van der Waals surface area contributed by atoms with Gasteiger partial charge in [0.15, 0.2) is 5.69 Å². The van der Waals surface area contributed by atoms with Crippen LogP contribution >= 0.6 is 0 Å². The van der Waals surface area contributed by atoms with E-state index in [9.17, 15) is 0 Å². The van der Waals surface area contributed by atoms with Gasteiger partial charge in [-0.1, -0.05) is 23.3 Å². The van der Waals surface area contributed by atoms with E-state index < -0.39 is 0 Å². The lowest BCUT2D eigenvalue weighted by atomic mass is 10.3. The lowest BCUT2D eigenvalue weighted by Gasteiger charge is -2.13. The van der Waals surface area contributed by atoms with Crippen molar-refractivity contribution in [3.8, 4) is 0 Å². The lowest BCUT2D eigenvalue weighted by molar-refractivity contribution is 0.365. The van der Waals surface area contributed by atoms with Crippen molar-refractivity contribution in [2.45, 2.75) is 0 Å². The Balaban J connectivity index is 2.43. The molecule has 0 amide bonds. The van der Waals surface area contributed by atoms with E-state index in [1.807, 2.05) is 37.4 Å². The third-order valence-corrected chi connectivity index (χ3v) is 1.86. The smallest absolute Gasteiger partial charge is 0.301 e. The van der Waals surface area contributed by atoms with Crippen molar-refractivity contribution in [1.82, 2.24) is 4.70 Å². The van der Waals surface area contributed by atoms with Gasteiger partial charge in [-0.05, 0) is 9.80 Å². The maximum Gasteiger partial charge on any atom is 0.301 e. The molecule has 0 aliphatic carbocycles. The minimum Gasteiger partial charge on any atom is -0.362 e. The summed E-state index contributed by atoms with van der Waals surface area (Å²) in [6, 6.07) is 9.66. The molecule has 1 unspecified atom stereocenters. The highest BCUT2D eigenvalue weighted by molar-refractivity contribution is 5.79. The average molecular weight is 176 g/mol. The molecule has 5 nitrogen and oxygen atoms in total. The highest BCUT2D eigenvalue weighted by Crippen LogP contribution is 2.24. The highest BCUT2D eigenvalue weighted by atomic mass is 15.9. The molecule has 0 bridgehead atoms. The SMILES string of the molecule is C[N+]1(c2ccccc2)N=NC(N)=N1.